The van der Waals surface area contributed by atoms with Crippen molar-refractivity contribution in [3.05, 3.63) is 21.9 Å². The van der Waals surface area contributed by atoms with Gasteiger partial charge in [0, 0.05) is 10.9 Å². The number of carbonyl (C=O) groups is 1. The van der Waals surface area contributed by atoms with E-state index in [0.717, 1.165) is 17.7 Å². The van der Waals surface area contributed by atoms with Crippen LogP contribution < -0.4 is 0 Å². The largest absolute Gasteiger partial charge is 0.296 e. The van der Waals surface area contributed by atoms with E-state index in [2.05, 4.69) is 31.7 Å². The number of aryl methyl sites for hydroxylation is 1. The van der Waals surface area contributed by atoms with Crippen LogP contribution in [0.15, 0.2) is 12.1 Å². The third-order valence-electron chi connectivity index (χ3n) is 3.14. The average Bonchev–Trinajstić information content (AvgIpc) is 2.77. The second kappa shape index (κ2) is 6.92. The van der Waals surface area contributed by atoms with Gasteiger partial charge in [0.1, 0.15) is 0 Å². The molecule has 2 nitrogen and oxygen atoms in total. The summed E-state index contributed by atoms with van der Waals surface area (Å²) in [5, 5.41) is 0. The molecule has 0 aromatic carbocycles. The highest BCUT2D eigenvalue weighted by Gasteiger charge is 2.15. The van der Waals surface area contributed by atoms with Crippen LogP contribution in [0.4, 0.5) is 0 Å². The summed E-state index contributed by atoms with van der Waals surface area (Å²) in [6, 6.07) is 4.51. The maximum atomic E-state index is 12.1. The number of rotatable bonds is 7. The highest BCUT2D eigenvalue weighted by atomic mass is 32.1. The number of carbonyl (C=O) groups excluding carboxylic acids is 1. The van der Waals surface area contributed by atoms with E-state index >= 15 is 0 Å². The minimum absolute atomic E-state index is 0.250. The average molecular weight is 253 g/mol. The third kappa shape index (κ3) is 4.25. The molecule has 0 radical (unpaired) electrons. The summed E-state index contributed by atoms with van der Waals surface area (Å²) in [7, 11) is 2.03. The molecule has 0 bridgehead atoms. The van der Waals surface area contributed by atoms with Crippen molar-refractivity contribution < 1.29 is 4.79 Å². The fourth-order valence-corrected chi connectivity index (χ4v) is 2.69. The lowest BCUT2D eigenvalue weighted by molar-refractivity contribution is 0.0925. The summed E-state index contributed by atoms with van der Waals surface area (Å²) < 4.78 is 0. The monoisotopic (exact) mass is 253 g/mol. The molecule has 17 heavy (non-hydrogen) atoms. The molecule has 0 aliphatic rings. The predicted molar refractivity (Wildman–Crippen MR) is 75.0 cm³/mol. The molecular formula is C14H23NOS. The first-order chi connectivity index (χ1) is 8.08. The molecule has 1 aromatic rings. The fraction of sp³-hybridized carbons (Fsp3) is 0.643. The summed E-state index contributed by atoms with van der Waals surface area (Å²) in [5.74, 6) is 0.250. The molecule has 0 spiro atoms. The Kier molecular flexibility index (Phi) is 5.86. The number of nitrogens with zero attached hydrogens (tertiary/aromatic N) is 1. The van der Waals surface area contributed by atoms with E-state index in [1.54, 1.807) is 11.3 Å². The van der Waals surface area contributed by atoms with E-state index in [-0.39, 0.29) is 5.78 Å². The van der Waals surface area contributed by atoms with Crippen LogP contribution in [-0.2, 0) is 6.42 Å². The zero-order valence-electron chi connectivity index (χ0n) is 11.3. The SMILES string of the molecule is CCCC(C)N(C)CC(=O)c1ccc(CC)s1. The molecular weight excluding hydrogens is 230 g/mol. The van der Waals surface area contributed by atoms with E-state index in [1.165, 1.54) is 11.3 Å². The van der Waals surface area contributed by atoms with Gasteiger partial charge >= 0.3 is 0 Å². The Hall–Kier alpha value is -0.670. The quantitative estimate of drug-likeness (QED) is 0.692. The van der Waals surface area contributed by atoms with Crippen molar-refractivity contribution in [1.82, 2.24) is 4.90 Å². The fourth-order valence-electron chi connectivity index (χ4n) is 1.82. The number of hydrogen-bond donors (Lipinski definition) is 0. The van der Waals surface area contributed by atoms with Gasteiger partial charge in [-0.15, -0.1) is 11.3 Å². The lowest BCUT2D eigenvalue weighted by Gasteiger charge is -2.23. The van der Waals surface area contributed by atoms with Crippen LogP contribution in [0.5, 0.6) is 0 Å². The van der Waals surface area contributed by atoms with Gasteiger partial charge in [0.15, 0.2) is 5.78 Å². The van der Waals surface area contributed by atoms with Crippen LogP contribution in [0.3, 0.4) is 0 Å². The Morgan fingerprint density at radius 3 is 2.65 bits per heavy atom. The lowest BCUT2D eigenvalue weighted by Crippen LogP contribution is -2.33. The van der Waals surface area contributed by atoms with E-state index in [0.29, 0.717) is 12.6 Å². The summed E-state index contributed by atoms with van der Waals surface area (Å²) in [6.45, 7) is 7.02. The van der Waals surface area contributed by atoms with Crippen LogP contribution in [0.2, 0.25) is 0 Å². The van der Waals surface area contributed by atoms with Crippen LogP contribution in [0.25, 0.3) is 0 Å². The molecule has 1 unspecified atom stereocenters. The van der Waals surface area contributed by atoms with Gasteiger partial charge in [-0.1, -0.05) is 20.3 Å². The topological polar surface area (TPSA) is 20.3 Å². The van der Waals surface area contributed by atoms with E-state index in [1.807, 2.05) is 13.1 Å². The number of hydrogen-bond acceptors (Lipinski definition) is 3. The summed E-state index contributed by atoms with van der Waals surface area (Å²) in [4.78, 5) is 16.4. The second-order valence-corrected chi connectivity index (χ2v) is 5.76. The minimum Gasteiger partial charge on any atom is -0.296 e. The molecule has 0 aliphatic heterocycles. The van der Waals surface area contributed by atoms with Crippen molar-refractivity contribution in [3.63, 3.8) is 0 Å². The maximum absolute atomic E-state index is 12.1. The van der Waals surface area contributed by atoms with Crippen molar-refractivity contribution in [3.8, 4) is 0 Å². The molecule has 0 saturated carbocycles. The molecule has 1 aromatic heterocycles. The van der Waals surface area contributed by atoms with Gasteiger partial charge in [-0.2, -0.15) is 0 Å². The van der Waals surface area contributed by atoms with Gasteiger partial charge in [-0.3, -0.25) is 9.69 Å². The highest BCUT2D eigenvalue weighted by Crippen LogP contribution is 2.18. The molecule has 1 heterocycles. The summed E-state index contributed by atoms with van der Waals surface area (Å²) in [6.07, 6.45) is 3.33. The van der Waals surface area contributed by atoms with Gasteiger partial charge in [-0.25, -0.2) is 0 Å². The van der Waals surface area contributed by atoms with Gasteiger partial charge in [0.25, 0.3) is 0 Å². The predicted octanol–water partition coefficient (Wildman–Crippen LogP) is 3.61. The molecule has 96 valence electrons. The smallest absolute Gasteiger partial charge is 0.186 e. The zero-order chi connectivity index (χ0) is 12.8. The van der Waals surface area contributed by atoms with Crippen molar-refractivity contribution >= 4 is 17.1 Å². The molecule has 0 aliphatic carbocycles. The molecule has 0 amide bonds. The Balaban J connectivity index is 2.53. The number of likely N-dealkylation sites (N-methyl/N-ethyl adjacent to an activating group) is 1. The molecule has 1 atom stereocenters. The number of ketones is 1. The molecule has 0 saturated heterocycles. The standard InChI is InChI=1S/C14H23NOS/c1-5-7-11(3)15(4)10-13(16)14-9-8-12(6-2)17-14/h8-9,11H,5-7,10H2,1-4H3. The second-order valence-electron chi connectivity index (χ2n) is 4.60. The molecule has 3 heteroatoms. The van der Waals surface area contributed by atoms with Crippen molar-refractivity contribution in [2.24, 2.45) is 0 Å². The summed E-state index contributed by atoms with van der Waals surface area (Å²) >= 11 is 1.63. The Morgan fingerprint density at radius 1 is 1.41 bits per heavy atom. The first-order valence-electron chi connectivity index (χ1n) is 6.40. The normalized spacial score (nSPS) is 13.0. The van der Waals surface area contributed by atoms with Crippen LogP contribution >= 0.6 is 11.3 Å². The summed E-state index contributed by atoms with van der Waals surface area (Å²) in [5.41, 5.74) is 0. The van der Waals surface area contributed by atoms with Gasteiger partial charge in [-0.05, 0) is 38.9 Å². The van der Waals surface area contributed by atoms with E-state index in [4.69, 9.17) is 0 Å². The Bertz CT molecular complexity index is 359. The van der Waals surface area contributed by atoms with Gasteiger partial charge in [0.2, 0.25) is 0 Å². The molecule has 0 N–H and O–H groups in total. The first kappa shape index (κ1) is 14.4. The minimum atomic E-state index is 0.250. The van der Waals surface area contributed by atoms with Crippen LogP contribution in [-0.4, -0.2) is 30.3 Å². The molecule has 0 fully saturated rings. The van der Waals surface area contributed by atoms with Gasteiger partial charge < -0.3 is 0 Å². The van der Waals surface area contributed by atoms with Gasteiger partial charge in [0.05, 0.1) is 11.4 Å². The van der Waals surface area contributed by atoms with Crippen LogP contribution in [0, 0.1) is 0 Å². The lowest BCUT2D eigenvalue weighted by atomic mass is 10.1. The Labute approximate surface area is 109 Å². The van der Waals surface area contributed by atoms with E-state index < -0.39 is 0 Å². The molecule has 1 rings (SSSR count). The highest BCUT2D eigenvalue weighted by molar-refractivity contribution is 7.14. The third-order valence-corrected chi connectivity index (χ3v) is 4.41. The number of Topliss-reactive ketones (excluding diaryl/α,β-unsaturated/α-hetero) is 1. The Morgan fingerprint density at radius 2 is 2.12 bits per heavy atom. The number of thiophene rings is 1. The first-order valence-corrected chi connectivity index (χ1v) is 7.22. The zero-order valence-corrected chi connectivity index (χ0v) is 12.1. The maximum Gasteiger partial charge on any atom is 0.186 e. The van der Waals surface area contributed by atoms with Crippen LogP contribution in [0.1, 0.15) is 48.2 Å². The van der Waals surface area contributed by atoms with Crippen molar-refractivity contribution in [1.29, 1.82) is 0 Å². The van der Waals surface area contributed by atoms with Crippen molar-refractivity contribution in [2.75, 3.05) is 13.6 Å². The van der Waals surface area contributed by atoms with E-state index in [9.17, 15) is 4.79 Å². The van der Waals surface area contributed by atoms with Crippen molar-refractivity contribution in [2.45, 2.75) is 46.1 Å².